The summed E-state index contributed by atoms with van der Waals surface area (Å²) in [6.45, 7) is 6.71. The molecule has 1 heterocycles. The summed E-state index contributed by atoms with van der Waals surface area (Å²) in [4.78, 5) is 15.5. The van der Waals surface area contributed by atoms with Gasteiger partial charge in [0.05, 0.1) is 0 Å². The molecule has 1 N–H and O–H groups in total. The quantitative estimate of drug-likeness (QED) is 0.194. The Morgan fingerprint density at radius 3 is 2.35 bits per heavy atom. The predicted octanol–water partition coefficient (Wildman–Crippen LogP) is 7.38. The van der Waals surface area contributed by atoms with Crippen molar-refractivity contribution in [1.29, 1.82) is 5.26 Å². The van der Waals surface area contributed by atoms with Crippen molar-refractivity contribution in [3.05, 3.63) is 70.1 Å². The van der Waals surface area contributed by atoms with Gasteiger partial charge in [-0.25, -0.2) is 4.79 Å². The lowest BCUT2D eigenvalue weighted by Crippen LogP contribution is -2.25. The zero-order chi connectivity index (χ0) is 24.1. The van der Waals surface area contributed by atoms with Gasteiger partial charge in [-0.05, 0) is 83.5 Å². The second-order valence-corrected chi connectivity index (χ2v) is 9.88. The molecule has 0 fully saturated rings. The molecular weight excluding hydrogens is 440 g/mol. The van der Waals surface area contributed by atoms with E-state index < -0.39 is 5.97 Å². The smallest absolute Gasteiger partial charge is 0.346 e. The van der Waals surface area contributed by atoms with Gasteiger partial charge in [0.1, 0.15) is 11.6 Å². The molecule has 5 heteroatoms. The second-order valence-electron chi connectivity index (χ2n) is 8.76. The first-order valence-corrected chi connectivity index (χ1v) is 12.8. The molecule has 174 valence electrons. The molecule has 1 aromatic heterocycles. The van der Waals surface area contributed by atoms with Gasteiger partial charge in [-0.3, -0.25) is 0 Å². The molecule has 2 aromatic carbocycles. The molecule has 3 aromatic rings. The highest BCUT2D eigenvalue weighted by Gasteiger charge is 2.21. The molecule has 1 aliphatic carbocycles. The Hall–Kier alpha value is -3.36. The van der Waals surface area contributed by atoms with Crippen LogP contribution in [-0.2, 0) is 11.2 Å². The van der Waals surface area contributed by atoms with Gasteiger partial charge in [0, 0.05) is 28.5 Å². The van der Waals surface area contributed by atoms with Crippen molar-refractivity contribution in [1.82, 2.24) is 0 Å². The SMILES string of the molecule is CCCCN(CCCC)c1ccc2c(c1)Cc1cc(-c3ccc(/C=C(\C#N)C(=O)O)s3)ccc1-2. The maximum absolute atomic E-state index is 11.1. The van der Waals surface area contributed by atoms with Crippen LogP contribution in [0.1, 0.15) is 55.5 Å². The fourth-order valence-corrected chi connectivity index (χ4v) is 5.43. The molecule has 0 saturated carbocycles. The van der Waals surface area contributed by atoms with Crippen LogP contribution in [0.25, 0.3) is 27.6 Å². The van der Waals surface area contributed by atoms with E-state index in [2.05, 4.69) is 55.1 Å². The molecule has 0 atom stereocenters. The zero-order valence-electron chi connectivity index (χ0n) is 19.8. The van der Waals surface area contributed by atoms with Crippen molar-refractivity contribution < 1.29 is 9.90 Å². The molecular formula is C29H30N2O2S. The third-order valence-electron chi connectivity index (χ3n) is 6.34. The number of benzene rings is 2. The van der Waals surface area contributed by atoms with Crippen LogP contribution in [0.15, 0.2) is 54.1 Å². The van der Waals surface area contributed by atoms with Gasteiger partial charge in [-0.2, -0.15) is 5.26 Å². The fourth-order valence-electron chi connectivity index (χ4n) is 4.48. The van der Waals surface area contributed by atoms with E-state index >= 15 is 0 Å². The minimum Gasteiger partial charge on any atom is -0.477 e. The van der Waals surface area contributed by atoms with Crippen molar-refractivity contribution in [2.45, 2.75) is 46.0 Å². The van der Waals surface area contributed by atoms with Gasteiger partial charge in [0.25, 0.3) is 0 Å². The molecule has 0 unspecified atom stereocenters. The van der Waals surface area contributed by atoms with Crippen molar-refractivity contribution in [3.8, 4) is 27.6 Å². The third kappa shape index (κ3) is 5.08. The molecule has 1 aliphatic rings. The maximum Gasteiger partial charge on any atom is 0.346 e. The number of carboxylic acids is 1. The fraction of sp³-hybridized carbons (Fsp3) is 0.310. The van der Waals surface area contributed by atoms with Gasteiger partial charge < -0.3 is 10.0 Å². The summed E-state index contributed by atoms with van der Waals surface area (Å²) in [5.41, 5.74) is 7.54. The van der Waals surface area contributed by atoms with Crippen LogP contribution in [0.4, 0.5) is 5.69 Å². The number of anilines is 1. The first-order valence-electron chi connectivity index (χ1n) is 12.0. The molecule has 4 nitrogen and oxygen atoms in total. The lowest BCUT2D eigenvalue weighted by Gasteiger charge is -2.25. The Labute approximate surface area is 205 Å². The number of nitrogens with zero attached hydrogens (tertiary/aromatic N) is 2. The molecule has 0 amide bonds. The van der Waals surface area contributed by atoms with E-state index in [1.165, 1.54) is 71.0 Å². The molecule has 0 spiro atoms. The Bertz CT molecular complexity index is 1260. The van der Waals surface area contributed by atoms with Gasteiger partial charge in [0.2, 0.25) is 0 Å². The monoisotopic (exact) mass is 470 g/mol. The summed E-state index contributed by atoms with van der Waals surface area (Å²) in [6, 6.07) is 19.1. The van der Waals surface area contributed by atoms with Crippen LogP contribution >= 0.6 is 11.3 Å². The predicted molar refractivity (Wildman–Crippen MR) is 141 cm³/mol. The zero-order valence-corrected chi connectivity index (χ0v) is 20.6. The number of hydrogen-bond acceptors (Lipinski definition) is 4. The molecule has 4 rings (SSSR count). The molecule has 0 saturated heterocycles. The normalized spacial score (nSPS) is 12.2. The lowest BCUT2D eigenvalue weighted by atomic mass is 10.0. The lowest BCUT2D eigenvalue weighted by molar-refractivity contribution is -0.132. The Morgan fingerprint density at radius 1 is 1.03 bits per heavy atom. The van der Waals surface area contributed by atoms with Gasteiger partial charge >= 0.3 is 5.97 Å². The highest BCUT2D eigenvalue weighted by Crippen LogP contribution is 2.41. The van der Waals surface area contributed by atoms with Gasteiger partial charge in [0.15, 0.2) is 0 Å². The summed E-state index contributed by atoms with van der Waals surface area (Å²) >= 11 is 1.50. The Kier molecular flexibility index (Phi) is 7.49. The van der Waals surface area contributed by atoms with Crippen molar-refractivity contribution in [2.24, 2.45) is 0 Å². The van der Waals surface area contributed by atoms with E-state index in [9.17, 15) is 4.79 Å². The van der Waals surface area contributed by atoms with Crippen LogP contribution in [0, 0.1) is 11.3 Å². The number of hydrogen-bond donors (Lipinski definition) is 1. The van der Waals surface area contributed by atoms with E-state index in [4.69, 9.17) is 10.4 Å². The first kappa shape index (κ1) is 23.8. The largest absolute Gasteiger partial charge is 0.477 e. The van der Waals surface area contributed by atoms with Crippen LogP contribution in [0.5, 0.6) is 0 Å². The summed E-state index contributed by atoms with van der Waals surface area (Å²) in [5, 5.41) is 18.1. The minimum atomic E-state index is -1.20. The number of rotatable bonds is 10. The van der Waals surface area contributed by atoms with E-state index in [0.717, 1.165) is 34.8 Å². The number of thiophene rings is 1. The van der Waals surface area contributed by atoms with Crippen molar-refractivity contribution >= 4 is 29.1 Å². The van der Waals surface area contributed by atoms with Crippen LogP contribution in [0.3, 0.4) is 0 Å². The van der Waals surface area contributed by atoms with E-state index in [1.807, 2.05) is 12.1 Å². The number of aliphatic carboxylic acids is 1. The number of unbranched alkanes of at least 4 members (excludes halogenated alkanes) is 2. The Morgan fingerprint density at radius 2 is 1.71 bits per heavy atom. The summed E-state index contributed by atoms with van der Waals surface area (Å²) in [6.07, 6.45) is 7.20. The molecule has 34 heavy (non-hydrogen) atoms. The molecule has 0 aliphatic heterocycles. The average Bonchev–Trinajstić information content (AvgIpc) is 3.45. The van der Waals surface area contributed by atoms with E-state index in [1.54, 1.807) is 6.07 Å². The minimum absolute atomic E-state index is 0.250. The third-order valence-corrected chi connectivity index (χ3v) is 7.42. The molecule has 0 radical (unpaired) electrons. The number of carboxylic acid groups (broad SMARTS) is 1. The van der Waals surface area contributed by atoms with Crippen molar-refractivity contribution in [3.63, 3.8) is 0 Å². The van der Waals surface area contributed by atoms with E-state index in [-0.39, 0.29) is 5.57 Å². The topological polar surface area (TPSA) is 64.3 Å². The second kappa shape index (κ2) is 10.7. The maximum atomic E-state index is 11.1. The molecule has 0 bridgehead atoms. The number of fused-ring (bicyclic) bond motifs is 3. The summed E-state index contributed by atoms with van der Waals surface area (Å²) in [5.74, 6) is -1.20. The number of nitriles is 1. The Balaban J connectivity index is 1.57. The van der Waals surface area contributed by atoms with Gasteiger partial charge in [-0.15, -0.1) is 11.3 Å². The van der Waals surface area contributed by atoms with E-state index in [0.29, 0.717) is 0 Å². The van der Waals surface area contributed by atoms with Crippen LogP contribution in [0.2, 0.25) is 0 Å². The number of carbonyl (C=O) groups is 1. The summed E-state index contributed by atoms with van der Waals surface area (Å²) in [7, 11) is 0. The average molecular weight is 471 g/mol. The first-order chi connectivity index (χ1) is 16.5. The summed E-state index contributed by atoms with van der Waals surface area (Å²) < 4.78 is 0. The van der Waals surface area contributed by atoms with Crippen molar-refractivity contribution in [2.75, 3.05) is 18.0 Å². The highest BCUT2D eigenvalue weighted by atomic mass is 32.1. The standard InChI is InChI=1S/C29H30N2O2S/c1-3-5-13-31(14-6-4-2)24-8-11-27-22(17-24)16-21-15-20(7-10-26(21)27)28-12-9-25(34-28)18-23(19-30)29(32)33/h7-12,15,17-18H,3-6,13-14,16H2,1-2H3,(H,32,33)/b23-18+. The van der Waals surface area contributed by atoms with Gasteiger partial charge in [-0.1, -0.05) is 44.9 Å². The highest BCUT2D eigenvalue weighted by molar-refractivity contribution is 7.16. The van der Waals surface area contributed by atoms with Crippen LogP contribution < -0.4 is 4.90 Å². The van der Waals surface area contributed by atoms with Crippen LogP contribution in [-0.4, -0.2) is 24.2 Å².